The molecular formula is C31H27Cl2N7O. The fraction of sp³-hybridized carbons (Fsp3) is 0.258. The first-order valence-electron chi connectivity index (χ1n) is 13.6. The average Bonchev–Trinajstić information content (AvgIpc) is 3.76. The Kier molecular flexibility index (Phi) is 7.73. The fourth-order valence-corrected chi connectivity index (χ4v) is 6.22. The normalized spacial score (nSPS) is 14.3. The summed E-state index contributed by atoms with van der Waals surface area (Å²) in [6.07, 6.45) is 12.1. The minimum Gasteiger partial charge on any atom is -0.353 e. The molecule has 1 aliphatic carbocycles. The lowest BCUT2D eigenvalue weighted by molar-refractivity contribution is 0.0919. The van der Waals surface area contributed by atoms with Crippen molar-refractivity contribution in [2.75, 3.05) is 5.32 Å². The van der Waals surface area contributed by atoms with Crippen LogP contribution in [0.4, 0.5) is 11.4 Å². The minimum absolute atomic E-state index is 0.0501. The predicted molar refractivity (Wildman–Crippen MR) is 160 cm³/mol. The first kappa shape index (κ1) is 27.0. The molecule has 2 aromatic carbocycles. The van der Waals surface area contributed by atoms with Gasteiger partial charge in [0, 0.05) is 29.0 Å². The number of anilines is 2. The number of benzene rings is 2. The number of para-hydroxylation sites is 2. The molecule has 8 nitrogen and oxygen atoms in total. The van der Waals surface area contributed by atoms with Crippen LogP contribution in [0.2, 0.25) is 10.0 Å². The molecule has 0 saturated heterocycles. The molecule has 1 N–H and O–H groups in total. The van der Waals surface area contributed by atoms with E-state index < -0.39 is 0 Å². The largest absolute Gasteiger partial charge is 0.353 e. The van der Waals surface area contributed by atoms with E-state index in [-0.39, 0.29) is 18.4 Å². The maximum atomic E-state index is 13.6. The van der Waals surface area contributed by atoms with Crippen LogP contribution in [0.1, 0.15) is 48.5 Å². The number of halogens is 2. The molecule has 1 fully saturated rings. The van der Waals surface area contributed by atoms with Gasteiger partial charge in [0.2, 0.25) is 5.91 Å². The Morgan fingerprint density at radius 3 is 2.63 bits per heavy atom. The van der Waals surface area contributed by atoms with Crippen LogP contribution in [0, 0.1) is 17.2 Å². The SMILES string of the molecule is N#CC[C@H](C1CCCC1)n1cc(-c2ncnc3c2ccn3C(=O)Cc2ccccc2Nc2c(Cl)cccc2Cl)cn1. The van der Waals surface area contributed by atoms with Gasteiger partial charge in [-0.15, -0.1) is 0 Å². The molecule has 0 radical (unpaired) electrons. The van der Waals surface area contributed by atoms with Gasteiger partial charge in [-0.1, -0.05) is 60.3 Å². The molecule has 1 atom stereocenters. The van der Waals surface area contributed by atoms with E-state index in [1.807, 2.05) is 41.2 Å². The number of carbonyl (C=O) groups is 1. The second-order valence-corrected chi connectivity index (χ2v) is 11.1. The molecule has 0 bridgehead atoms. The van der Waals surface area contributed by atoms with Crippen molar-refractivity contribution in [3.05, 3.63) is 89.1 Å². The van der Waals surface area contributed by atoms with E-state index in [1.165, 1.54) is 19.2 Å². The van der Waals surface area contributed by atoms with Crippen molar-refractivity contribution in [3.63, 3.8) is 0 Å². The van der Waals surface area contributed by atoms with Gasteiger partial charge in [-0.3, -0.25) is 14.0 Å². The van der Waals surface area contributed by atoms with Crippen molar-refractivity contribution in [1.29, 1.82) is 5.26 Å². The molecule has 5 aromatic rings. The number of fused-ring (bicyclic) bond motifs is 1. The maximum absolute atomic E-state index is 13.6. The summed E-state index contributed by atoms with van der Waals surface area (Å²) >= 11 is 12.7. The van der Waals surface area contributed by atoms with Crippen LogP contribution in [0.5, 0.6) is 0 Å². The van der Waals surface area contributed by atoms with Crippen molar-refractivity contribution in [2.45, 2.75) is 44.6 Å². The Hall–Kier alpha value is -4.19. The molecule has 3 aromatic heterocycles. The summed E-state index contributed by atoms with van der Waals surface area (Å²) in [6, 6.07) is 17.1. The van der Waals surface area contributed by atoms with Gasteiger partial charge in [-0.2, -0.15) is 10.4 Å². The molecule has 0 amide bonds. The lowest BCUT2D eigenvalue weighted by atomic mass is 9.96. The topological polar surface area (TPSA) is 101 Å². The van der Waals surface area contributed by atoms with Gasteiger partial charge in [0.15, 0.2) is 5.65 Å². The monoisotopic (exact) mass is 583 g/mol. The molecular weight excluding hydrogens is 557 g/mol. The van der Waals surface area contributed by atoms with Crippen LogP contribution in [-0.2, 0) is 6.42 Å². The summed E-state index contributed by atoms with van der Waals surface area (Å²) < 4.78 is 3.47. The van der Waals surface area contributed by atoms with Gasteiger partial charge in [-0.05, 0) is 48.6 Å². The first-order valence-corrected chi connectivity index (χ1v) is 14.3. The third kappa shape index (κ3) is 5.43. The van der Waals surface area contributed by atoms with Gasteiger partial charge in [-0.25, -0.2) is 9.97 Å². The van der Waals surface area contributed by atoms with E-state index in [1.54, 1.807) is 35.2 Å². The summed E-state index contributed by atoms with van der Waals surface area (Å²) in [5, 5.41) is 19.1. The molecule has 6 rings (SSSR count). The van der Waals surface area contributed by atoms with Crippen molar-refractivity contribution in [1.82, 2.24) is 24.3 Å². The molecule has 3 heterocycles. The lowest BCUT2D eigenvalue weighted by Crippen LogP contribution is -2.17. The molecule has 10 heteroatoms. The highest BCUT2D eigenvalue weighted by Gasteiger charge is 2.27. The second-order valence-electron chi connectivity index (χ2n) is 10.3. The zero-order valence-electron chi connectivity index (χ0n) is 22.2. The summed E-state index contributed by atoms with van der Waals surface area (Å²) in [4.78, 5) is 22.5. The third-order valence-corrected chi connectivity index (χ3v) is 8.42. The fourth-order valence-electron chi connectivity index (χ4n) is 5.73. The standard InChI is InChI=1S/C31H27Cl2N7O/c32-24-9-5-10-25(33)30(24)38-26-11-4-3-8-21(26)16-28(41)39-15-13-23-29(35-19-36-31(23)39)22-17-37-40(18-22)27(12-14-34)20-6-1-2-7-20/h3-5,8-11,13,15,17-20,27,38H,1-2,6-7,12,16H2/t27-/m1/s1. The number of hydrogen-bond donors (Lipinski definition) is 1. The van der Waals surface area contributed by atoms with E-state index in [4.69, 9.17) is 23.2 Å². The number of nitrogens with one attached hydrogen (secondary N) is 1. The van der Waals surface area contributed by atoms with Gasteiger partial charge >= 0.3 is 0 Å². The van der Waals surface area contributed by atoms with Crippen LogP contribution in [0.25, 0.3) is 22.3 Å². The second kappa shape index (κ2) is 11.7. The summed E-state index contributed by atoms with van der Waals surface area (Å²) in [7, 11) is 0. The highest BCUT2D eigenvalue weighted by atomic mass is 35.5. The minimum atomic E-state index is -0.143. The van der Waals surface area contributed by atoms with Crippen molar-refractivity contribution < 1.29 is 4.79 Å². The zero-order chi connectivity index (χ0) is 28.3. The number of nitriles is 1. The quantitative estimate of drug-likeness (QED) is 0.199. The van der Waals surface area contributed by atoms with Crippen LogP contribution < -0.4 is 5.32 Å². The van der Waals surface area contributed by atoms with Gasteiger partial charge < -0.3 is 5.32 Å². The molecule has 0 spiro atoms. The summed E-state index contributed by atoms with van der Waals surface area (Å²) in [5.74, 6) is 0.313. The van der Waals surface area contributed by atoms with E-state index in [0.717, 1.165) is 35.0 Å². The van der Waals surface area contributed by atoms with E-state index in [0.29, 0.717) is 39.4 Å². The Bertz CT molecular complexity index is 1740. The van der Waals surface area contributed by atoms with Gasteiger partial charge in [0.05, 0.1) is 52.6 Å². The maximum Gasteiger partial charge on any atom is 0.236 e. The Morgan fingerprint density at radius 2 is 1.85 bits per heavy atom. The molecule has 0 unspecified atom stereocenters. The summed E-state index contributed by atoms with van der Waals surface area (Å²) in [6.45, 7) is 0. The highest BCUT2D eigenvalue weighted by Crippen LogP contribution is 2.37. The predicted octanol–water partition coefficient (Wildman–Crippen LogP) is 7.87. The van der Waals surface area contributed by atoms with Crippen LogP contribution in [0.3, 0.4) is 0 Å². The third-order valence-electron chi connectivity index (χ3n) is 7.79. The van der Waals surface area contributed by atoms with Crippen molar-refractivity contribution in [2.24, 2.45) is 5.92 Å². The Labute approximate surface area is 247 Å². The van der Waals surface area contributed by atoms with Crippen LogP contribution in [-0.4, -0.2) is 30.2 Å². The summed E-state index contributed by atoms with van der Waals surface area (Å²) in [5.41, 5.74) is 4.17. The number of aromatic nitrogens is 5. The number of carbonyl (C=O) groups excluding carboxylic acids is 1. The molecule has 0 aliphatic heterocycles. The van der Waals surface area contributed by atoms with Crippen LogP contribution in [0.15, 0.2) is 73.4 Å². The van der Waals surface area contributed by atoms with Crippen molar-refractivity contribution in [3.8, 4) is 17.3 Å². The Morgan fingerprint density at radius 1 is 1.07 bits per heavy atom. The van der Waals surface area contributed by atoms with Gasteiger partial charge in [0.25, 0.3) is 0 Å². The smallest absolute Gasteiger partial charge is 0.236 e. The zero-order valence-corrected chi connectivity index (χ0v) is 23.7. The molecule has 1 saturated carbocycles. The van der Waals surface area contributed by atoms with E-state index in [9.17, 15) is 10.1 Å². The number of nitrogens with zero attached hydrogens (tertiary/aromatic N) is 6. The van der Waals surface area contributed by atoms with Gasteiger partial charge in [0.1, 0.15) is 6.33 Å². The average molecular weight is 585 g/mol. The lowest BCUT2D eigenvalue weighted by Gasteiger charge is -2.21. The van der Waals surface area contributed by atoms with Crippen LogP contribution >= 0.6 is 23.2 Å². The van der Waals surface area contributed by atoms with E-state index >= 15 is 0 Å². The number of rotatable bonds is 8. The molecule has 1 aliphatic rings. The highest BCUT2D eigenvalue weighted by molar-refractivity contribution is 6.39. The van der Waals surface area contributed by atoms with Crippen molar-refractivity contribution >= 4 is 51.5 Å². The first-order chi connectivity index (χ1) is 20.0. The molecule has 41 heavy (non-hydrogen) atoms. The molecule has 206 valence electrons. The van der Waals surface area contributed by atoms with E-state index in [2.05, 4.69) is 26.5 Å². The number of hydrogen-bond acceptors (Lipinski definition) is 6. The Balaban J connectivity index is 1.27.